The van der Waals surface area contributed by atoms with Gasteiger partial charge in [0.25, 0.3) is 0 Å². The number of hydrogen-bond acceptors (Lipinski definition) is 3. The van der Waals surface area contributed by atoms with E-state index in [0.29, 0.717) is 11.4 Å². The summed E-state index contributed by atoms with van der Waals surface area (Å²) in [6, 6.07) is 13.9. The van der Waals surface area contributed by atoms with Crippen molar-refractivity contribution < 1.29 is 9.53 Å². The summed E-state index contributed by atoms with van der Waals surface area (Å²) < 4.78 is 5.90. The first-order chi connectivity index (χ1) is 9.61. The number of amides is 1. The van der Waals surface area contributed by atoms with Gasteiger partial charge in [-0.15, -0.1) is 0 Å². The fraction of sp³-hybridized carbons (Fsp3) is 0.133. The molecule has 1 unspecified atom stereocenters. The highest BCUT2D eigenvalue weighted by Crippen LogP contribution is 2.27. The van der Waals surface area contributed by atoms with E-state index in [0.717, 1.165) is 10.0 Å². The summed E-state index contributed by atoms with van der Waals surface area (Å²) >= 11 is 3.38. The molecule has 0 heterocycles. The summed E-state index contributed by atoms with van der Waals surface area (Å²) in [5, 5.41) is 2.79. The third-order valence-electron chi connectivity index (χ3n) is 2.87. The number of carbonyl (C=O) groups is 1. The fourth-order valence-corrected chi connectivity index (χ4v) is 2.10. The molecule has 0 spiro atoms. The molecular weight excluding hydrogens is 320 g/mol. The average Bonchev–Trinajstić information content (AvgIpc) is 2.49. The molecule has 2 rings (SSSR count). The molecule has 0 saturated carbocycles. The molecular formula is C15H15BrN2O2. The number of halogens is 1. The first kappa shape index (κ1) is 14.6. The molecule has 2 aromatic carbocycles. The molecule has 0 aromatic heterocycles. The zero-order valence-corrected chi connectivity index (χ0v) is 12.6. The third-order valence-corrected chi connectivity index (χ3v) is 3.56. The van der Waals surface area contributed by atoms with Crippen LogP contribution in [0.5, 0.6) is 5.75 Å². The van der Waals surface area contributed by atoms with Gasteiger partial charge in [-0.05, 0) is 33.6 Å². The molecule has 0 fully saturated rings. The maximum Gasteiger partial charge on any atom is 0.245 e. The van der Waals surface area contributed by atoms with Crippen LogP contribution in [0, 0.1) is 0 Å². The van der Waals surface area contributed by atoms with Gasteiger partial charge in [-0.3, -0.25) is 4.79 Å². The number of ether oxygens (including phenoxy) is 1. The van der Waals surface area contributed by atoms with Crippen LogP contribution in [0.3, 0.4) is 0 Å². The predicted octanol–water partition coefficient (Wildman–Crippen LogP) is 3.10. The molecule has 0 radical (unpaired) electrons. The van der Waals surface area contributed by atoms with Crippen LogP contribution in [-0.4, -0.2) is 13.0 Å². The Kier molecular flexibility index (Phi) is 4.76. The molecule has 1 amide bonds. The van der Waals surface area contributed by atoms with Crippen LogP contribution < -0.4 is 15.8 Å². The second-order valence-corrected chi connectivity index (χ2v) is 5.08. The van der Waals surface area contributed by atoms with E-state index in [1.165, 1.54) is 0 Å². The van der Waals surface area contributed by atoms with Crippen molar-refractivity contribution in [3.05, 3.63) is 58.6 Å². The van der Waals surface area contributed by atoms with E-state index in [4.69, 9.17) is 10.5 Å². The number of methoxy groups -OCH3 is 1. The molecule has 5 heteroatoms. The Bertz CT molecular complexity index is 602. The molecule has 0 saturated heterocycles. The molecule has 2 aromatic rings. The zero-order valence-electron chi connectivity index (χ0n) is 11.0. The van der Waals surface area contributed by atoms with Crippen molar-refractivity contribution in [3.8, 4) is 5.75 Å². The Morgan fingerprint density at radius 3 is 2.60 bits per heavy atom. The van der Waals surface area contributed by atoms with Gasteiger partial charge in [0.1, 0.15) is 11.8 Å². The number of carbonyl (C=O) groups excluding carboxylic acids is 1. The summed E-state index contributed by atoms with van der Waals surface area (Å²) in [7, 11) is 1.57. The molecule has 1 atom stereocenters. The Morgan fingerprint density at radius 1 is 1.25 bits per heavy atom. The van der Waals surface area contributed by atoms with Crippen molar-refractivity contribution in [2.24, 2.45) is 5.73 Å². The van der Waals surface area contributed by atoms with Crippen LogP contribution in [0.1, 0.15) is 11.6 Å². The maximum atomic E-state index is 12.2. The van der Waals surface area contributed by atoms with Crippen LogP contribution in [0.25, 0.3) is 0 Å². The monoisotopic (exact) mass is 334 g/mol. The fourth-order valence-electron chi connectivity index (χ4n) is 1.75. The molecule has 0 aliphatic carbocycles. The second kappa shape index (κ2) is 6.54. The van der Waals surface area contributed by atoms with Gasteiger partial charge in [-0.1, -0.05) is 30.3 Å². The van der Waals surface area contributed by atoms with Crippen molar-refractivity contribution in [1.29, 1.82) is 0 Å². The number of benzene rings is 2. The van der Waals surface area contributed by atoms with Gasteiger partial charge >= 0.3 is 0 Å². The van der Waals surface area contributed by atoms with Crippen molar-refractivity contribution in [3.63, 3.8) is 0 Å². The summed E-state index contributed by atoms with van der Waals surface area (Å²) in [6.45, 7) is 0. The van der Waals surface area contributed by atoms with E-state index < -0.39 is 6.04 Å². The number of nitrogens with two attached hydrogens (primary N) is 1. The van der Waals surface area contributed by atoms with Crippen LogP contribution in [-0.2, 0) is 4.79 Å². The van der Waals surface area contributed by atoms with Crippen LogP contribution in [0.2, 0.25) is 0 Å². The number of nitrogens with one attached hydrogen (secondary N) is 1. The van der Waals surface area contributed by atoms with Crippen LogP contribution in [0.4, 0.5) is 5.69 Å². The Balaban J connectivity index is 2.15. The highest BCUT2D eigenvalue weighted by Gasteiger charge is 2.16. The molecule has 0 aliphatic rings. The van der Waals surface area contributed by atoms with Gasteiger partial charge < -0.3 is 15.8 Å². The summed E-state index contributed by atoms with van der Waals surface area (Å²) in [6.07, 6.45) is 0. The van der Waals surface area contributed by atoms with Crippen molar-refractivity contribution in [2.45, 2.75) is 6.04 Å². The third kappa shape index (κ3) is 3.37. The number of hydrogen-bond donors (Lipinski definition) is 2. The lowest BCUT2D eigenvalue weighted by Gasteiger charge is -2.14. The smallest absolute Gasteiger partial charge is 0.245 e. The van der Waals surface area contributed by atoms with Gasteiger partial charge in [-0.2, -0.15) is 0 Å². The lowest BCUT2D eigenvalue weighted by molar-refractivity contribution is -0.117. The first-order valence-electron chi connectivity index (χ1n) is 6.06. The minimum absolute atomic E-state index is 0.273. The van der Waals surface area contributed by atoms with Gasteiger partial charge in [0, 0.05) is 10.5 Å². The van der Waals surface area contributed by atoms with Crippen molar-refractivity contribution >= 4 is 27.5 Å². The molecule has 20 heavy (non-hydrogen) atoms. The van der Waals surface area contributed by atoms with E-state index in [2.05, 4.69) is 21.2 Å². The normalized spacial score (nSPS) is 11.8. The quantitative estimate of drug-likeness (QED) is 0.902. The molecule has 0 aliphatic heterocycles. The zero-order chi connectivity index (χ0) is 14.5. The van der Waals surface area contributed by atoms with E-state index >= 15 is 0 Å². The second-order valence-electron chi connectivity index (χ2n) is 4.22. The van der Waals surface area contributed by atoms with E-state index in [1.54, 1.807) is 19.2 Å². The standard InChI is InChI=1S/C15H15BrN2O2/c1-20-11-7-8-12(16)13(9-11)18-15(19)14(17)10-5-3-2-4-6-10/h2-9,14H,17H2,1H3,(H,18,19). The minimum atomic E-state index is -0.714. The van der Waals surface area contributed by atoms with E-state index in [9.17, 15) is 4.79 Å². The van der Waals surface area contributed by atoms with Crippen LogP contribution >= 0.6 is 15.9 Å². The Morgan fingerprint density at radius 2 is 1.95 bits per heavy atom. The van der Waals surface area contributed by atoms with Crippen molar-refractivity contribution in [1.82, 2.24) is 0 Å². The number of anilines is 1. The highest BCUT2D eigenvalue weighted by molar-refractivity contribution is 9.10. The SMILES string of the molecule is COc1ccc(Br)c(NC(=O)C(N)c2ccccc2)c1. The highest BCUT2D eigenvalue weighted by atomic mass is 79.9. The van der Waals surface area contributed by atoms with Crippen molar-refractivity contribution in [2.75, 3.05) is 12.4 Å². The Labute approximate surface area is 126 Å². The molecule has 4 nitrogen and oxygen atoms in total. The Hall–Kier alpha value is -1.85. The minimum Gasteiger partial charge on any atom is -0.497 e. The largest absolute Gasteiger partial charge is 0.497 e. The topological polar surface area (TPSA) is 64.3 Å². The summed E-state index contributed by atoms with van der Waals surface area (Å²) in [4.78, 5) is 12.2. The summed E-state index contributed by atoms with van der Waals surface area (Å²) in [5.74, 6) is 0.391. The van der Waals surface area contributed by atoms with E-state index in [1.807, 2.05) is 36.4 Å². The lowest BCUT2D eigenvalue weighted by atomic mass is 10.1. The van der Waals surface area contributed by atoms with E-state index in [-0.39, 0.29) is 5.91 Å². The molecule has 104 valence electrons. The maximum absolute atomic E-state index is 12.2. The summed E-state index contributed by atoms with van der Waals surface area (Å²) in [5.41, 5.74) is 7.34. The van der Waals surface area contributed by atoms with Gasteiger partial charge in [-0.25, -0.2) is 0 Å². The average molecular weight is 335 g/mol. The predicted molar refractivity (Wildman–Crippen MR) is 82.7 cm³/mol. The van der Waals surface area contributed by atoms with Crippen LogP contribution in [0.15, 0.2) is 53.0 Å². The van der Waals surface area contributed by atoms with Gasteiger partial charge in [0.2, 0.25) is 5.91 Å². The number of rotatable bonds is 4. The molecule has 3 N–H and O–H groups in total. The first-order valence-corrected chi connectivity index (χ1v) is 6.86. The lowest BCUT2D eigenvalue weighted by Crippen LogP contribution is -2.27. The van der Waals surface area contributed by atoms with Gasteiger partial charge in [0.05, 0.1) is 12.8 Å². The van der Waals surface area contributed by atoms with Gasteiger partial charge in [0.15, 0.2) is 0 Å². The molecule has 0 bridgehead atoms.